The van der Waals surface area contributed by atoms with Gasteiger partial charge in [0.05, 0.1) is 5.54 Å². The van der Waals surface area contributed by atoms with E-state index in [9.17, 15) is 9.90 Å². The summed E-state index contributed by atoms with van der Waals surface area (Å²) in [7, 11) is 0. The van der Waals surface area contributed by atoms with E-state index in [4.69, 9.17) is 0 Å². The van der Waals surface area contributed by atoms with Crippen LogP contribution >= 0.6 is 27.3 Å². The monoisotopic (exact) mass is 349 g/mol. The van der Waals surface area contributed by atoms with Crippen LogP contribution in [0.2, 0.25) is 0 Å². The molecule has 102 valence electrons. The van der Waals surface area contributed by atoms with Gasteiger partial charge in [0.15, 0.2) is 0 Å². The lowest BCUT2D eigenvalue weighted by Crippen LogP contribution is -2.49. The van der Waals surface area contributed by atoms with Gasteiger partial charge < -0.3 is 10.4 Å². The molecule has 0 bridgehead atoms. The Morgan fingerprint density at radius 2 is 2.15 bits per heavy atom. The second-order valence-electron chi connectivity index (χ2n) is 4.73. The fourth-order valence-corrected chi connectivity index (χ4v) is 3.67. The van der Waals surface area contributed by atoms with Gasteiger partial charge in [0.1, 0.15) is 5.76 Å². The molecule has 2 heterocycles. The molecule has 2 N–H and O–H groups in total. The zero-order valence-corrected chi connectivity index (χ0v) is 12.9. The third-order valence-corrected chi connectivity index (χ3v) is 4.59. The topological polar surface area (TPSA) is 49.3 Å². The van der Waals surface area contributed by atoms with Gasteiger partial charge in [-0.3, -0.25) is 4.79 Å². The van der Waals surface area contributed by atoms with Gasteiger partial charge in [0.2, 0.25) is 5.91 Å². The second-order valence-corrected chi connectivity index (χ2v) is 6.43. The van der Waals surface area contributed by atoms with Gasteiger partial charge >= 0.3 is 0 Å². The third kappa shape index (κ3) is 2.27. The number of thiophene rings is 1. The van der Waals surface area contributed by atoms with Crippen LogP contribution in [0.15, 0.2) is 57.4 Å². The predicted octanol–water partition coefficient (Wildman–Crippen LogP) is 3.72. The molecule has 1 aromatic heterocycles. The van der Waals surface area contributed by atoms with Gasteiger partial charge in [-0.25, -0.2) is 0 Å². The third-order valence-electron chi connectivity index (χ3n) is 3.41. The maximum Gasteiger partial charge on any atom is 0.248 e. The predicted molar refractivity (Wildman–Crippen MR) is 82.7 cm³/mol. The number of aliphatic hydroxyl groups is 1. The maximum absolute atomic E-state index is 11.9. The molecule has 0 spiro atoms. The van der Waals surface area contributed by atoms with E-state index < -0.39 is 5.54 Å². The molecular weight excluding hydrogens is 338 g/mol. The highest BCUT2D eigenvalue weighted by atomic mass is 79.9. The number of carbonyl (C=O) groups excluding carboxylic acids is 1. The van der Waals surface area contributed by atoms with Gasteiger partial charge in [-0.05, 0) is 40.1 Å². The smallest absolute Gasteiger partial charge is 0.248 e. The van der Waals surface area contributed by atoms with Crippen LogP contribution in [-0.2, 0) is 10.3 Å². The number of hydrogen-bond donors (Lipinski definition) is 2. The van der Waals surface area contributed by atoms with Gasteiger partial charge in [-0.1, -0.05) is 28.1 Å². The van der Waals surface area contributed by atoms with Crippen molar-refractivity contribution < 1.29 is 9.90 Å². The van der Waals surface area contributed by atoms with Crippen LogP contribution in [0.4, 0.5) is 0 Å². The van der Waals surface area contributed by atoms with Crippen LogP contribution < -0.4 is 5.32 Å². The minimum atomic E-state index is -0.709. The molecule has 1 atom stereocenters. The number of hydrogen-bond acceptors (Lipinski definition) is 3. The van der Waals surface area contributed by atoms with Crippen molar-refractivity contribution in [2.24, 2.45) is 0 Å². The van der Waals surface area contributed by atoms with Crippen LogP contribution in [0.3, 0.4) is 0 Å². The van der Waals surface area contributed by atoms with Crippen LogP contribution in [0.1, 0.15) is 17.5 Å². The Labute approximate surface area is 129 Å². The molecule has 1 unspecified atom stereocenters. The highest BCUT2D eigenvalue weighted by Crippen LogP contribution is 2.39. The summed E-state index contributed by atoms with van der Waals surface area (Å²) < 4.78 is 0.938. The van der Waals surface area contributed by atoms with Gasteiger partial charge in [-0.15, -0.1) is 0 Å². The maximum atomic E-state index is 11.9. The minimum Gasteiger partial charge on any atom is -0.512 e. The van der Waals surface area contributed by atoms with Gasteiger partial charge in [0, 0.05) is 17.0 Å². The number of amides is 1. The van der Waals surface area contributed by atoms with Crippen molar-refractivity contribution >= 4 is 33.2 Å². The number of aliphatic hydroxyl groups excluding tert-OH is 1. The SMILES string of the molecule is O=C1C=C(O)CC(c2ccsc2)(c2cccc(Br)c2)N1. The summed E-state index contributed by atoms with van der Waals surface area (Å²) in [6.07, 6.45) is 1.59. The van der Waals surface area contributed by atoms with E-state index in [2.05, 4.69) is 21.2 Å². The Balaban J connectivity index is 2.19. The van der Waals surface area contributed by atoms with Crippen molar-refractivity contribution in [1.29, 1.82) is 0 Å². The molecule has 1 aliphatic rings. The first-order chi connectivity index (χ1) is 9.60. The zero-order chi connectivity index (χ0) is 14.2. The molecule has 2 aromatic rings. The van der Waals surface area contributed by atoms with E-state index in [0.29, 0.717) is 6.42 Å². The van der Waals surface area contributed by atoms with Crippen molar-refractivity contribution in [3.63, 3.8) is 0 Å². The molecule has 0 saturated carbocycles. The lowest BCUT2D eigenvalue weighted by molar-refractivity contribution is -0.119. The number of halogens is 1. The first-order valence-electron chi connectivity index (χ1n) is 6.10. The number of benzene rings is 1. The van der Waals surface area contributed by atoms with Crippen molar-refractivity contribution in [1.82, 2.24) is 5.32 Å². The van der Waals surface area contributed by atoms with Crippen molar-refractivity contribution in [2.75, 3.05) is 0 Å². The summed E-state index contributed by atoms with van der Waals surface area (Å²) in [4.78, 5) is 11.9. The lowest BCUT2D eigenvalue weighted by atomic mass is 9.79. The molecule has 0 aliphatic carbocycles. The van der Waals surface area contributed by atoms with E-state index >= 15 is 0 Å². The Kier molecular flexibility index (Phi) is 3.40. The van der Waals surface area contributed by atoms with Crippen molar-refractivity contribution in [2.45, 2.75) is 12.0 Å². The highest BCUT2D eigenvalue weighted by Gasteiger charge is 2.39. The summed E-state index contributed by atoms with van der Waals surface area (Å²) in [6, 6.07) is 9.77. The van der Waals surface area contributed by atoms with E-state index in [1.165, 1.54) is 6.08 Å². The number of rotatable bonds is 2. The Morgan fingerprint density at radius 1 is 1.30 bits per heavy atom. The highest BCUT2D eigenvalue weighted by molar-refractivity contribution is 9.10. The lowest BCUT2D eigenvalue weighted by Gasteiger charge is -2.37. The van der Waals surface area contributed by atoms with Crippen LogP contribution in [0.5, 0.6) is 0 Å². The Hall–Kier alpha value is -1.59. The largest absolute Gasteiger partial charge is 0.512 e. The van der Waals surface area contributed by atoms with Crippen LogP contribution in [0.25, 0.3) is 0 Å². The summed E-state index contributed by atoms with van der Waals surface area (Å²) in [5.41, 5.74) is 1.21. The molecule has 20 heavy (non-hydrogen) atoms. The molecule has 3 rings (SSSR count). The Bertz CT molecular complexity index is 681. The Morgan fingerprint density at radius 3 is 2.80 bits per heavy atom. The van der Waals surface area contributed by atoms with Crippen LogP contribution in [-0.4, -0.2) is 11.0 Å². The van der Waals surface area contributed by atoms with E-state index in [-0.39, 0.29) is 11.7 Å². The fraction of sp³-hybridized carbons (Fsp3) is 0.133. The van der Waals surface area contributed by atoms with Gasteiger partial charge in [-0.2, -0.15) is 11.3 Å². The molecular formula is C15H12BrNO2S. The summed E-state index contributed by atoms with van der Waals surface area (Å²) >= 11 is 5.03. The summed E-state index contributed by atoms with van der Waals surface area (Å²) in [5, 5.41) is 16.9. The molecule has 0 saturated heterocycles. The zero-order valence-electron chi connectivity index (χ0n) is 10.5. The van der Waals surface area contributed by atoms with Crippen molar-refractivity contribution in [3.8, 4) is 0 Å². The average Bonchev–Trinajstić information content (AvgIpc) is 2.91. The molecule has 0 radical (unpaired) electrons. The first kappa shape index (κ1) is 13.4. The fourth-order valence-electron chi connectivity index (χ4n) is 2.54. The molecule has 3 nitrogen and oxygen atoms in total. The van der Waals surface area contributed by atoms with Crippen molar-refractivity contribution in [3.05, 3.63) is 68.5 Å². The van der Waals surface area contributed by atoms with Gasteiger partial charge in [0.25, 0.3) is 0 Å². The summed E-state index contributed by atoms with van der Waals surface area (Å²) in [5.74, 6) is -0.181. The normalized spacial score (nSPS) is 22.2. The summed E-state index contributed by atoms with van der Waals surface area (Å²) in [6.45, 7) is 0. The van der Waals surface area contributed by atoms with E-state index in [1.54, 1.807) is 11.3 Å². The quantitative estimate of drug-likeness (QED) is 0.867. The number of nitrogens with one attached hydrogen (secondary N) is 1. The molecule has 1 amide bonds. The molecule has 1 aromatic carbocycles. The van der Waals surface area contributed by atoms with E-state index in [0.717, 1.165) is 15.6 Å². The average molecular weight is 350 g/mol. The molecule has 1 aliphatic heterocycles. The molecule has 0 fully saturated rings. The van der Waals surface area contributed by atoms with E-state index in [1.807, 2.05) is 41.1 Å². The standard InChI is InChI=1S/C15H12BrNO2S/c16-12-3-1-2-10(6-12)15(11-4-5-20-9-11)8-13(18)7-14(19)17-15/h1-7,9,18H,8H2,(H,17,19). The molecule has 5 heteroatoms. The first-order valence-corrected chi connectivity index (χ1v) is 7.84. The van der Waals surface area contributed by atoms with Crippen LogP contribution in [0, 0.1) is 0 Å². The minimum absolute atomic E-state index is 0.0972. The number of carbonyl (C=O) groups is 1. The second kappa shape index (κ2) is 5.07.